The summed E-state index contributed by atoms with van der Waals surface area (Å²) in [5.74, 6) is -2.17. The smallest absolute Gasteiger partial charge is 0.313 e. The summed E-state index contributed by atoms with van der Waals surface area (Å²) in [7, 11) is 0. The summed E-state index contributed by atoms with van der Waals surface area (Å²) in [6, 6.07) is 0. The number of aliphatic hydroxyl groups is 3. The number of hydrogen-bond acceptors (Lipinski definition) is 7. The van der Waals surface area contributed by atoms with Crippen molar-refractivity contribution >= 4 is 11.8 Å². The van der Waals surface area contributed by atoms with Gasteiger partial charge in [0.15, 0.2) is 6.10 Å². The highest BCUT2D eigenvalue weighted by molar-refractivity contribution is 5.95. The van der Waals surface area contributed by atoms with Crippen LogP contribution in [0.1, 0.15) is 33.6 Å². The van der Waals surface area contributed by atoms with Gasteiger partial charge in [0.25, 0.3) is 0 Å². The van der Waals surface area contributed by atoms with Crippen LogP contribution >= 0.6 is 0 Å². The largest absolute Gasteiger partial charge is 0.456 e. The number of ether oxygens (including phenoxy) is 2. The SMILES string of the molecule is C[C@@H]1C[C@@H](O)[C@@H](O)[C@@]2(C)[C@H]1CC(=O)[C@@]13CO[C@]4(C)[C@@H](OC(=O)[C@@H]41)[C@H](O)[C@@H]32. The van der Waals surface area contributed by atoms with Crippen molar-refractivity contribution in [3.8, 4) is 0 Å². The Bertz CT molecular complexity index is 708. The highest BCUT2D eigenvalue weighted by Crippen LogP contribution is 2.71. The quantitative estimate of drug-likeness (QED) is 0.502. The van der Waals surface area contributed by atoms with E-state index < -0.39 is 58.7 Å². The Balaban J connectivity index is 1.75. The highest BCUT2D eigenvalue weighted by atomic mass is 16.6. The van der Waals surface area contributed by atoms with Crippen LogP contribution in [0.25, 0.3) is 0 Å². The lowest BCUT2D eigenvalue weighted by molar-refractivity contribution is -0.240. The van der Waals surface area contributed by atoms with Crippen LogP contribution < -0.4 is 0 Å². The molecular weight excluding hydrogens is 340 g/mol. The monoisotopic (exact) mass is 366 g/mol. The van der Waals surface area contributed by atoms with Gasteiger partial charge in [-0.1, -0.05) is 13.8 Å². The number of aliphatic hydroxyl groups excluding tert-OH is 3. The fourth-order valence-corrected chi connectivity index (χ4v) is 7.60. The van der Waals surface area contributed by atoms with Crippen LogP contribution in [-0.4, -0.2) is 63.7 Å². The van der Waals surface area contributed by atoms with Gasteiger partial charge in [-0.25, -0.2) is 0 Å². The minimum Gasteiger partial charge on any atom is -0.456 e. The number of carbonyl (C=O) groups is 2. The zero-order valence-corrected chi connectivity index (χ0v) is 15.2. The van der Waals surface area contributed by atoms with E-state index in [1.165, 1.54) is 0 Å². The molecule has 3 saturated carbocycles. The lowest BCUT2D eigenvalue weighted by Gasteiger charge is -2.63. The molecule has 144 valence electrons. The average Bonchev–Trinajstić information content (AvgIpc) is 2.94. The first kappa shape index (κ1) is 17.1. The molecule has 0 amide bonds. The molecule has 4 bridgehead atoms. The van der Waals surface area contributed by atoms with E-state index in [-0.39, 0.29) is 30.6 Å². The van der Waals surface area contributed by atoms with Gasteiger partial charge in [0.1, 0.15) is 17.3 Å². The van der Waals surface area contributed by atoms with E-state index in [2.05, 4.69) is 0 Å². The van der Waals surface area contributed by atoms with Crippen molar-refractivity contribution in [3.63, 3.8) is 0 Å². The molecule has 1 spiro atoms. The molecule has 5 fully saturated rings. The number of Topliss-reactive ketones (excluding diaryl/α,β-unsaturated/α-hetero) is 1. The summed E-state index contributed by atoms with van der Waals surface area (Å²) in [6.07, 6.45) is -3.33. The first-order valence-electron chi connectivity index (χ1n) is 9.52. The van der Waals surface area contributed by atoms with Crippen molar-refractivity contribution < 1.29 is 34.4 Å². The second kappa shape index (κ2) is 4.69. The van der Waals surface area contributed by atoms with Gasteiger partial charge < -0.3 is 24.8 Å². The number of esters is 1. The van der Waals surface area contributed by atoms with Gasteiger partial charge in [-0.15, -0.1) is 0 Å². The van der Waals surface area contributed by atoms with E-state index in [9.17, 15) is 24.9 Å². The summed E-state index contributed by atoms with van der Waals surface area (Å²) >= 11 is 0. The summed E-state index contributed by atoms with van der Waals surface area (Å²) < 4.78 is 11.4. The maximum absolute atomic E-state index is 13.4. The Morgan fingerprint density at radius 1 is 1.15 bits per heavy atom. The summed E-state index contributed by atoms with van der Waals surface area (Å²) in [6.45, 7) is 5.62. The van der Waals surface area contributed by atoms with Gasteiger partial charge >= 0.3 is 5.97 Å². The van der Waals surface area contributed by atoms with E-state index in [0.29, 0.717) is 6.42 Å². The van der Waals surface area contributed by atoms with Crippen LogP contribution in [0.3, 0.4) is 0 Å². The molecular formula is C19H26O7. The van der Waals surface area contributed by atoms with Gasteiger partial charge in [-0.2, -0.15) is 0 Å². The molecule has 5 rings (SSSR count). The second-order valence-electron chi connectivity index (χ2n) is 9.60. The minimum atomic E-state index is -1.19. The third-order valence-electron chi connectivity index (χ3n) is 8.66. The highest BCUT2D eigenvalue weighted by Gasteiger charge is 2.83. The number of rotatable bonds is 0. The number of hydrogen-bond donors (Lipinski definition) is 3. The van der Waals surface area contributed by atoms with Crippen LogP contribution in [0.4, 0.5) is 0 Å². The molecule has 3 aliphatic carbocycles. The number of carbonyl (C=O) groups excluding carboxylic acids is 2. The third-order valence-corrected chi connectivity index (χ3v) is 8.66. The van der Waals surface area contributed by atoms with Crippen molar-refractivity contribution in [1.29, 1.82) is 0 Å². The molecule has 7 nitrogen and oxygen atoms in total. The maximum atomic E-state index is 13.4. The van der Waals surface area contributed by atoms with Crippen molar-refractivity contribution in [1.82, 2.24) is 0 Å². The molecule has 3 N–H and O–H groups in total. The molecule has 0 radical (unpaired) electrons. The summed E-state index contributed by atoms with van der Waals surface area (Å²) in [4.78, 5) is 26.1. The molecule has 2 saturated heterocycles. The van der Waals surface area contributed by atoms with Crippen LogP contribution in [0.5, 0.6) is 0 Å². The van der Waals surface area contributed by atoms with Crippen molar-refractivity contribution in [3.05, 3.63) is 0 Å². The fraction of sp³-hybridized carbons (Fsp3) is 0.895. The normalized spacial score (nSPS) is 63.3. The Hall–Kier alpha value is -1.02. The topological polar surface area (TPSA) is 113 Å². The van der Waals surface area contributed by atoms with E-state index >= 15 is 0 Å². The van der Waals surface area contributed by atoms with Gasteiger partial charge in [0.05, 0.1) is 30.3 Å². The maximum Gasteiger partial charge on any atom is 0.313 e. The van der Waals surface area contributed by atoms with Crippen molar-refractivity contribution in [2.75, 3.05) is 6.61 Å². The Morgan fingerprint density at radius 3 is 2.54 bits per heavy atom. The van der Waals surface area contributed by atoms with Crippen molar-refractivity contribution in [2.24, 2.45) is 34.5 Å². The molecule has 0 aromatic rings. The standard InChI is InChI=1S/C19H26O7/c1-7-4-9(20)14(23)17(2)8(7)5-10(21)19-6-25-18(3)13(19)16(24)26-15(18)11(22)12(17)19/h7-9,11-15,20,22-23H,4-6H2,1-3H3/t7-,8+,9-,11-,12-,13+,14-,15+,17+,18+,19-/m1/s1. The van der Waals surface area contributed by atoms with E-state index in [4.69, 9.17) is 9.47 Å². The van der Waals surface area contributed by atoms with E-state index in [1.54, 1.807) is 6.92 Å². The van der Waals surface area contributed by atoms with Gasteiger partial charge in [-0.3, -0.25) is 9.59 Å². The first-order valence-corrected chi connectivity index (χ1v) is 9.52. The lowest BCUT2D eigenvalue weighted by Crippen LogP contribution is -2.73. The van der Waals surface area contributed by atoms with Crippen molar-refractivity contribution in [2.45, 2.75) is 63.6 Å². The third kappa shape index (κ3) is 1.50. The zero-order valence-electron chi connectivity index (χ0n) is 15.2. The molecule has 0 unspecified atom stereocenters. The second-order valence-corrected chi connectivity index (χ2v) is 9.60. The fourth-order valence-electron chi connectivity index (χ4n) is 7.60. The van der Waals surface area contributed by atoms with Crippen LogP contribution in [-0.2, 0) is 19.1 Å². The van der Waals surface area contributed by atoms with Crippen LogP contribution in [0, 0.1) is 34.5 Å². The first-order chi connectivity index (χ1) is 12.1. The van der Waals surface area contributed by atoms with E-state index in [0.717, 1.165) is 0 Å². The zero-order chi connectivity index (χ0) is 18.8. The molecule has 2 aliphatic heterocycles. The van der Waals surface area contributed by atoms with Crippen LogP contribution in [0.2, 0.25) is 0 Å². The predicted molar refractivity (Wildman–Crippen MR) is 86.7 cm³/mol. The van der Waals surface area contributed by atoms with Crippen LogP contribution in [0.15, 0.2) is 0 Å². The number of ketones is 1. The summed E-state index contributed by atoms with van der Waals surface area (Å²) in [5, 5.41) is 32.7. The Morgan fingerprint density at radius 2 is 1.85 bits per heavy atom. The number of fused-ring (bicyclic) bond motifs is 2. The average molecular weight is 366 g/mol. The molecule has 5 aliphatic rings. The Kier molecular flexibility index (Phi) is 3.08. The van der Waals surface area contributed by atoms with E-state index in [1.807, 2.05) is 13.8 Å². The molecule has 7 heteroatoms. The minimum absolute atomic E-state index is 0.0248. The Labute approximate surface area is 151 Å². The van der Waals surface area contributed by atoms with Gasteiger partial charge in [-0.05, 0) is 25.2 Å². The van der Waals surface area contributed by atoms with Gasteiger partial charge in [0.2, 0.25) is 0 Å². The molecule has 0 aromatic carbocycles. The molecule has 0 aromatic heterocycles. The molecule has 11 atom stereocenters. The lowest BCUT2D eigenvalue weighted by atomic mass is 9.39. The van der Waals surface area contributed by atoms with Gasteiger partial charge in [0, 0.05) is 17.8 Å². The molecule has 2 heterocycles. The predicted octanol–water partition coefficient (Wildman–Crippen LogP) is -0.349. The molecule has 26 heavy (non-hydrogen) atoms. The summed E-state index contributed by atoms with van der Waals surface area (Å²) in [5.41, 5.74) is -3.11.